The van der Waals surface area contributed by atoms with Crippen LogP contribution in [0.25, 0.3) is 10.8 Å². The lowest BCUT2D eigenvalue weighted by Gasteiger charge is -2.40. The summed E-state index contributed by atoms with van der Waals surface area (Å²) in [6, 6.07) is 10.4. The molecule has 2 rings (SSSR count). The summed E-state index contributed by atoms with van der Waals surface area (Å²) < 4.78 is 148. The molecule has 0 aliphatic heterocycles. The van der Waals surface area contributed by atoms with Crippen LogP contribution in [0.5, 0.6) is 0 Å². The van der Waals surface area contributed by atoms with E-state index in [2.05, 4.69) is 3.63 Å². The van der Waals surface area contributed by atoms with E-state index in [-0.39, 0.29) is 16.4 Å². The Labute approximate surface area is 179 Å². The third-order valence-corrected chi connectivity index (χ3v) is 10.4. The Bertz CT molecular complexity index is 1070. The van der Waals surface area contributed by atoms with Gasteiger partial charge in [0.15, 0.2) is 0 Å². The van der Waals surface area contributed by atoms with Crippen LogP contribution >= 0.6 is 10.3 Å². The predicted molar refractivity (Wildman–Crippen MR) is 102 cm³/mol. The molecule has 3 nitrogen and oxygen atoms in total. The zero-order valence-electron chi connectivity index (χ0n) is 16.4. The first-order valence-corrected chi connectivity index (χ1v) is 12.1. The van der Waals surface area contributed by atoms with E-state index in [1.54, 1.807) is 18.2 Å². The van der Waals surface area contributed by atoms with Crippen molar-refractivity contribution < 1.29 is 51.6 Å². The molecule has 2 aromatic rings. The van der Waals surface area contributed by atoms with Crippen LogP contribution in [0.1, 0.15) is 13.8 Å². The van der Waals surface area contributed by atoms with Gasteiger partial charge in [-0.2, -0.15) is 47.9 Å². The molecule has 0 aromatic heterocycles. The molecule has 0 aliphatic rings. The average molecular weight is 516 g/mol. The predicted octanol–water partition coefficient (Wildman–Crippen LogP) is 6.73. The molecule has 0 aliphatic carbocycles. The van der Waals surface area contributed by atoms with Crippen LogP contribution in [-0.2, 0) is 13.7 Å². The normalized spacial score (nSPS) is 15.2. The van der Waals surface area contributed by atoms with E-state index in [4.69, 9.17) is 0 Å². The van der Waals surface area contributed by atoms with E-state index in [9.17, 15) is 47.9 Å². The van der Waals surface area contributed by atoms with E-state index in [1.165, 1.54) is 38.1 Å². The SMILES string of the molecule is CCS(CC)(OS(=O)(=O)C(F)(F)C(F)(F)C(F)(F)C(F)(F)F)c1cccc2ccccc12. The molecule has 0 spiro atoms. The van der Waals surface area contributed by atoms with Crippen molar-refractivity contribution in [2.75, 3.05) is 11.5 Å². The molecule has 0 amide bonds. The van der Waals surface area contributed by atoms with Gasteiger partial charge >= 0.3 is 33.4 Å². The number of benzene rings is 2. The van der Waals surface area contributed by atoms with Crippen molar-refractivity contribution >= 4 is 31.2 Å². The van der Waals surface area contributed by atoms with Gasteiger partial charge in [-0.25, -0.2) is 3.63 Å². The van der Waals surface area contributed by atoms with Gasteiger partial charge in [-0.15, -0.1) is 0 Å². The Morgan fingerprint density at radius 3 is 1.75 bits per heavy atom. The van der Waals surface area contributed by atoms with Crippen molar-refractivity contribution in [3.63, 3.8) is 0 Å². The fraction of sp³-hybridized carbons (Fsp3) is 0.444. The van der Waals surface area contributed by atoms with Crippen LogP contribution in [0.4, 0.5) is 39.5 Å². The van der Waals surface area contributed by atoms with Crippen molar-refractivity contribution in [2.45, 2.75) is 42.0 Å². The summed E-state index contributed by atoms with van der Waals surface area (Å²) in [6.07, 6.45) is -7.15. The van der Waals surface area contributed by atoms with Crippen molar-refractivity contribution in [3.8, 4) is 0 Å². The van der Waals surface area contributed by atoms with Crippen LogP contribution in [0, 0.1) is 0 Å². The lowest BCUT2D eigenvalue weighted by Crippen LogP contribution is -2.63. The molecule has 0 N–H and O–H groups in total. The standard InChI is InChI=1S/C18H17F9O3S2/c1-3-31(4-2,14-11-7-9-12-8-5-6-10-13(12)14)30-32(28,29)18(26,27)16(21,22)15(19,20)17(23,24)25/h5-11H,3-4H2,1-2H3. The number of hydrogen-bond acceptors (Lipinski definition) is 3. The van der Waals surface area contributed by atoms with Crippen LogP contribution in [0.2, 0.25) is 0 Å². The average Bonchev–Trinajstić information content (AvgIpc) is 2.70. The molecule has 0 heterocycles. The lowest BCUT2D eigenvalue weighted by atomic mass is 10.1. The molecule has 0 saturated carbocycles. The first-order valence-electron chi connectivity index (χ1n) is 8.84. The molecular formula is C18H17F9O3S2. The molecule has 182 valence electrons. The summed E-state index contributed by atoms with van der Waals surface area (Å²) in [4.78, 5) is 0.0332. The van der Waals surface area contributed by atoms with Gasteiger partial charge in [0.05, 0.1) is 0 Å². The fourth-order valence-electron chi connectivity index (χ4n) is 2.90. The highest BCUT2D eigenvalue weighted by molar-refractivity contribution is 8.33. The first-order chi connectivity index (χ1) is 14.4. The van der Waals surface area contributed by atoms with Crippen LogP contribution in [-0.4, -0.2) is 43.2 Å². The van der Waals surface area contributed by atoms with Gasteiger partial charge < -0.3 is 0 Å². The van der Waals surface area contributed by atoms with Gasteiger partial charge in [0, 0.05) is 16.4 Å². The topological polar surface area (TPSA) is 43.4 Å². The Morgan fingerprint density at radius 2 is 1.25 bits per heavy atom. The second-order valence-corrected chi connectivity index (χ2v) is 11.7. The van der Waals surface area contributed by atoms with E-state index in [0.29, 0.717) is 10.8 Å². The third kappa shape index (κ3) is 3.94. The number of fused-ring (bicyclic) bond motifs is 1. The van der Waals surface area contributed by atoms with Crippen LogP contribution < -0.4 is 0 Å². The smallest absolute Gasteiger partial charge is 0.211 e. The molecule has 0 bridgehead atoms. The van der Waals surface area contributed by atoms with Crippen molar-refractivity contribution in [1.82, 2.24) is 0 Å². The van der Waals surface area contributed by atoms with Gasteiger partial charge in [-0.1, -0.05) is 60.6 Å². The van der Waals surface area contributed by atoms with Crippen LogP contribution in [0.3, 0.4) is 0 Å². The number of rotatable bonds is 8. The zero-order valence-corrected chi connectivity index (χ0v) is 18.0. The highest BCUT2D eigenvalue weighted by atomic mass is 32.3. The molecule has 32 heavy (non-hydrogen) atoms. The van der Waals surface area contributed by atoms with Crippen molar-refractivity contribution in [3.05, 3.63) is 42.5 Å². The maximum atomic E-state index is 14.2. The number of alkyl halides is 9. The molecule has 0 fully saturated rings. The molecule has 2 aromatic carbocycles. The summed E-state index contributed by atoms with van der Waals surface area (Å²) >= 11 is 0. The summed E-state index contributed by atoms with van der Waals surface area (Å²) in [6.45, 7) is 2.58. The first kappa shape index (κ1) is 26.6. The van der Waals surface area contributed by atoms with Gasteiger partial charge in [-0.05, 0) is 16.8 Å². The molecule has 14 heteroatoms. The molecule has 0 saturated heterocycles. The van der Waals surface area contributed by atoms with Gasteiger partial charge in [0.25, 0.3) is 0 Å². The summed E-state index contributed by atoms with van der Waals surface area (Å²) in [5.74, 6) is -15.4. The fourth-order valence-corrected chi connectivity index (χ4v) is 8.06. The van der Waals surface area contributed by atoms with E-state index >= 15 is 0 Å². The van der Waals surface area contributed by atoms with Crippen LogP contribution in [0.15, 0.2) is 47.4 Å². The Balaban J connectivity index is 2.67. The van der Waals surface area contributed by atoms with Gasteiger partial charge in [0.1, 0.15) is 0 Å². The summed E-state index contributed by atoms with van der Waals surface area (Å²) in [7, 11) is -10.4. The Morgan fingerprint density at radius 1 is 0.750 bits per heavy atom. The van der Waals surface area contributed by atoms with E-state index in [0.717, 1.165) is 0 Å². The molecule has 0 radical (unpaired) electrons. The Kier molecular flexibility index (Phi) is 6.88. The summed E-state index contributed by atoms with van der Waals surface area (Å²) in [5, 5.41) is -6.07. The maximum Gasteiger partial charge on any atom is 0.460 e. The van der Waals surface area contributed by atoms with Crippen molar-refractivity contribution in [1.29, 1.82) is 0 Å². The molecule has 0 unspecified atom stereocenters. The quantitative estimate of drug-likeness (QED) is 0.366. The van der Waals surface area contributed by atoms with Gasteiger partial charge in [-0.3, -0.25) is 0 Å². The monoisotopic (exact) mass is 516 g/mol. The second-order valence-electron chi connectivity index (χ2n) is 6.55. The van der Waals surface area contributed by atoms with E-state index in [1.807, 2.05) is 0 Å². The number of halogens is 9. The largest absolute Gasteiger partial charge is 0.460 e. The summed E-state index contributed by atoms with van der Waals surface area (Å²) in [5.41, 5.74) is 0. The Hall–Kier alpha value is -1.67. The highest BCUT2D eigenvalue weighted by Crippen LogP contribution is 2.63. The van der Waals surface area contributed by atoms with E-state index < -0.39 is 43.7 Å². The number of hydrogen-bond donors (Lipinski definition) is 0. The molecular weight excluding hydrogens is 499 g/mol. The minimum absolute atomic E-state index is 0.0332. The highest BCUT2D eigenvalue weighted by Gasteiger charge is 2.86. The minimum Gasteiger partial charge on any atom is -0.211 e. The third-order valence-electron chi connectivity index (χ3n) is 4.73. The van der Waals surface area contributed by atoms with Crippen molar-refractivity contribution in [2.24, 2.45) is 0 Å². The lowest BCUT2D eigenvalue weighted by molar-refractivity contribution is -0.382. The minimum atomic E-state index is -7.35. The zero-order chi connectivity index (χ0) is 24.8. The molecule has 0 atom stereocenters. The van der Waals surface area contributed by atoms with Gasteiger partial charge in [0.2, 0.25) is 0 Å². The second kappa shape index (κ2) is 8.28. The maximum absolute atomic E-state index is 14.2.